The second-order valence-electron chi connectivity index (χ2n) is 3.01. The van der Waals surface area contributed by atoms with Crippen LogP contribution in [0, 0.1) is 13.8 Å². The number of anilines is 1. The highest BCUT2D eigenvalue weighted by Gasteiger charge is 2.09. The van der Waals surface area contributed by atoms with Crippen LogP contribution in [-0.2, 0) is 0 Å². The van der Waals surface area contributed by atoms with Crippen molar-refractivity contribution in [3.63, 3.8) is 0 Å². The Balaban J connectivity index is 2.78. The van der Waals surface area contributed by atoms with Crippen molar-refractivity contribution in [2.75, 3.05) is 24.5 Å². The van der Waals surface area contributed by atoms with Crippen LogP contribution in [0.1, 0.15) is 17.5 Å². The zero-order valence-electron chi connectivity index (χ0n) is 8.50. The largest absolute Gasteiger partial charge is 0.347 e. The molecule has 4 heteroatoms. The van der Waals surface area contributed by atoms with Crippen LogP contribution in [0.4, 0.5) is 5.13 Å². The fourth-order valence-electron chi connectivity index (χ4n) is 1.14. The molecular formula is C9H17N3S. The van der Waals surface area contributed by atoms with E-state index in [2.05, 4.69) is 23.7 Å². The summed E-state index contributed by atoms with van der Waals surface area (Å²) in [6.45, 7) is 8.83. The Bertz CT molecular complexity index is 250. The van der Waals surface area contributed by atoms with E-state index in [9.17, 15) is 0 Å². The van der Waals surface area contributed by atoms with Gasteiger partial charge in [-0.15, -0.1) is 11.3 Å². The van der Waals surface area contributed by atoms with Crippen LogP contribution in [0.15, 0.2) is 0 Å². The van der Waals surface area contributed by atoms with E-state index >= 15 is 0 Å². The molecule has 1 aromatic rings. The zero-order valence-corrected chi connectivity index (χ0v) is 9.32. The Morgan fingerprint density at radius 1 is 1.46 bits per heavy atom. The van der Waals surface area contributed by atoms with Gasteiger partial charge in [0.15, 0.2) is 5.13 Å². The summed E-state index contributed by atoms with van der Waals surface area (Å²) in [6, 6.07) is 0. The molecule has 0 unspecified atom stereocenters. The first-order chi connectivity index (χ1) is 6.19. The molecule has 0 radical (unpaired) electrons. The topological polar surface area (TPSA) is 42.1 Å². The highest BCUT2D eigenvalue weighted by atomic mass is 32.1. The lowest BCUT2D eigenvalue weighted by atomic mass is 10.4. The molecule has 1 rings (SSSR count). The second-order valence-corrected chi connectivity index (χ2v) is 4.19. The molecule has 0 atom stereocenters. The Morgan fingerprint density at radius 2 is 2.15 bits per heavy atom. The number of nitrogens with two attached hydrogens (primary N) is 1. The number of likely N-dealkylation sites (N-methyl/N-ethyl adjacent to an activating group) is 1. The normalized spacial score (nSPS) is 10.5. The van der Waals surface area contributed by atoms with Gasteiger partial charge in [0.05, 0.1) is 5.69 Å². The summed E-state index contributed by atoms with van der Waals surface area (Å²) in [7, 11) is 0. The van der Waals surface area contributed by atoms with E-state index < -0.39 is 0 Å². The first kappa shape index (κ1) is 10.5. The standard InChI is InChI=1S/C9H17N3S/c1-4-12(6-5-10)9-11-7(2)8(3)13-9/h4-6,10H2,1-3H3. The molecule has 0 aliphatic heterocycles. The third kappa shape index (κ3) is 2.42. The number of rotatable bonds is 4. The smallest absolute Gasteiger partial charge is 0.185 e. The van der Waals surface area contributed by atoms with E-state index in [4.69, 9.17) is 5.73 Å². The predicted octanol–water partition coefficient (Wildman–Crippen LogP) is 1.54. The number of hydrogen-bond donors (Lipinski definition) is 1. The van der Waals surface area contributed by atoms with E-state index in [1.54, 1.807) is 11.3 Å². The average molecular weight is 199 g/mol. The fourth-order valence-corrected chi connectivity index (χ4v) is 2.14. The van der Waals surface area contributed by atoms with Gasteiger partial charge in [0.25, 0.3) is 0 Å². The van der Waals surface area contributed by atoms with Crippen molar-refractivity contribution in [1.29, 1.82) is 0 Å². The van der Waals surface area contributed by atoms with Crippen molar-refractivity contribution in [3.8, 4) is 0 Å². The highest BCUT2D eigenvalue weighted by Crippen LogP contribution is 2.24. The Morgan fingerprint density at radius 3 is 2.54 bits per heavy atom. The lowest BCUT2D eigenvalue weighted by Gasteiger charge is -2.18. The molecule has 1 heterocycles. The fraction of sp³-hybridized carbons (Fsp3) is 0.667. The van der Waals surface area contributed by atoms with Crippen LogP contribution < -0.4 is 10.6 Å². The molecule has 0 bridgehead atoms. The van der Waals surface area contributed by atoms with Crippen LogP contribution in [0.3, 0.4) is 0 Å². The van der Waals surface area contributed by atoms with Gasteiger partial charge in [0, 0.05) is 24.5 Å². The van der Waals surface area contributed by atoms with Gasteiger partial charge in [-0.3, -0.25) is 0 Å². The molecule has 0 saturated carbocycles. The predicted molar refractivity (Wildman–Crippen MR) is 58.5 cm³/mol. The third-order valence-corrected chi connectivity index (χ3v) is 3.20. The monoisotopic (exact) mass is 199 g/mol. The summed E-state index contributed by atoms with van der Waals surface area (Å²) in [4.78, 5) is 8.00. The summed E-state index contributed by atoms with van der Waals surface area (Å²) in [5, 5.41) is 1.10. The number of aromatic nitrogens is 1. The SMILES string of the molecule is CCN(CCN)c1nc(C)c(C)s1. The van der Waals surface area contributed by atoms with E-state index in [-0.39, 0.29) is 0 Å². The molecule has 0 spiro atoms. The van der Waals surface area contributed by atoms with Gasteiger partial charge in [-0.1, -0.05) is 0 Å². The molecule has 74 valence electrons. The number of aryl methyl sites for hydroxylation is 2. The van der Waals surface area contributed by atoms with Crippen molar-refractivity contribution in [3.05, 3.63) is 10.6 Å². The summed E-state index contributed by atoms with van der Waals surface area (Å²) < 4.78 is 0. The van der Waals surface area contributed by atoms with Gasteiger partial charge >= 0.3 is 0 Å². The van der Waals surface area contributed by atoms with Crippen LogP contribution >= 0.6 is 11.3 Å². The van der Waals surface area contributed by atoms with E-state index in [1.807, 2.05) is 6.92 Å². The quantitative estimate of drug-likeness (QED) is 0.800. The first-order valence-corrected chi connectivity index (χ1v) is 5.39. The molecule has 0 amide bonds. The zero-order chi connectivity index (χ0) is 9.84. The van der Waals surface area contributed by atoms with Crippen LogP contribution in [0.5, 0.6) is 0 Å². The van der Waals surface area contributed by atoms with Crippen LogP contribution in [0.25, 0.3) is 0 Å². The maximum Gasteiger partial charge on any atom is 0.185 e. The molecule has 3 nitrogen and oxygen atoms in total. The lowest BCUT2D eigenvalue weighted by Crippen LogP contribution is -2.28. The van der Waals surface area contributed by atoms with Crippen LogP contribution in [0.2, 0.25) is 0 Å². The van der Waals surface area contributed by atoms with E-state index in [0.717, 1.165) is 23.9 Å². The van der Waals surface area contributed by atoms with Crippen molar-refractivity contribution >= 4 is 16.5 Å². The summed E-state index contributed by atoms with van der Waals surface area (Å²) in [6.07, 6.45) is 0. The number of hydrogen-bond acceptors (Lipinski definition) is 4. The highest BCUT2D eigenvalue weighted by molar-refractivity contribution is 7.15. The lowest BCUT2D eigenvalue weighted by molar-refractivity contribution is 0.811. The average Bonchev–Trinajstić information content (AvgIpc) is 2.43. The van der Waals surface area contributed by atoms with Crippen molar-refractivity contribution in [1.82, 2.24) is 4.98 Å². The van der Waals surface area contributed by atoms with Gasteiger partial charge in [-0.2, -0.15) is 0 Å². The molecule has 0 fully saturated rings. The number of thiazole rings is 1. The second kappa shape index (κ2) is 4.58. The van der Waals surface area contributed by atoms with Gasteiger partial charge < -0.3 is 10.6 Å². The van der Waals surface area contributed by atoms with Gasteiger partial charge in [-0.05, 0) is 20.8 Å². The minimum Gasteiger partial charge on any atom is -0.347 e. The van der Waals surface area contributed by atoms with E-state index in [1.165, 1.54) is 4.88 Å². The minimum absolute atomic E-state index is 0.686. The summed E-state index contributed by atoms with van der Waals surface area (Å²) in [5.74, 6) is 0. The minimum atomic E-state index is 0.686. The molecule has 0 aliphatic carbocycles. The van der Waals surface area contributed by atoms with Gasteiger partial charge in [0.1, 0.15) is 0 Å². The van der Waals surface area contributed by atoms with Crippen molar-refractivity contribution in [2.45, 2.75) is 20.8 Å². The van der Waals surface area contributed by atoms with Crippen molar-refractivity contribution < 1.29 is 0 Å². The molecule has 1 aromatic heterocycles. The number of nitrogens with zero attached hydrogens (tertiary/aromatic N) is 2. The molecule has 13 heavy (non-hydrogen) atoms. The third-order valence-electron chi connectivity index (χ3n) is 2.07. The molecule has 0 saturated heterocycles. The Labute approximate surface area is 83.6 Å². The Hall–Kier alpha value is -0.610. The van der Waals surface area contributed by atoms with Crippen molar-refractivity contribution in [2.24, 2.45) is 5.73 Å². The molecular weight excluding hydrogens is 182 g/mol. The van der Waals surface area contributed by atoms with Gasteiger partial charge in [0.2, 0.25) is 0 Å². The summed E-state index contributed by atoms with van der Waals surface area (Å²) in [5.41, 5.74) is 6.66. The first-order valence-electron chi connectivity index (χ1n) is 4.58. The summed E-state index contributed by atoms with van der Waals surface area (Å²) >= 11 is 1.75. The molecule has 2 N–H and O–H groups in total. The molecule has 0 aromatic carbocycles. The van der Waals surface area contributed by atoms with Gasteiger partial charge in [-0.25, -0.2) is 4.98 Å². The Kier molecular flexibility index (Phi) is 3.69. The maximum absolute atomic E-state index is 5.52. The van der Waals surface area contributed by atoms with Crippen LogP contribution in [-0.4, -0.2) is 24.6 Å². The van der Waals surface area contributed by atoms with E-state index in [0.29, 0.717) is 6.54 Å². The maximum atomic E-state index is 5.52. The molecule has 0 aliphatic rings.